The van der Waals surface area contributed by atoms with Gasteiger partial charge in [0, 0.05) is 19.2 Å². The van der Waals surface area contributed by atoms with Crippen LogP contribution < -0.4 is 10.6 Å². The highest BCUT2D eigenvalue weighted by Crippen LogP contribution is 2.10. The van der Waals surface area contributed by atoms with Crippen molar-refractivity contribution < 1.29 is 4.79 Å². The summed E-state index contributed by atoms with van der Waals surface area (Å²) in [6, 6.07) is 9.87. The van der Waals surface area contributed by atoms with Crippen LogP contribution in [-0.4, -0.2) is 22.4 Å². The van der Waals surface area contributed by atoms with Crippen molar-refractivity contribution in [2.75, 3.05) is 11.9 Å². The second kappa shape index (κ2) is 8.88. The maximum atomic E-state index is 12.1. The molecule has 1 aromatic heterocycles. The predicted molar refractivity (Wildman–Crippen MR) is 92.4 cm³/mol. The molecule has 0 bridgehead atoms. The van der Waals surface area contributed by atoms with Crippen molar-refractivity contribution in [3.05, 3.63) is 53.5 Å². The Hall–Kier alpha value is -2.43. The second-order valence-corrected chi connectivity index (χ2v) is 5.53. The van der Waals surface area contributed by atoms with E-state index in [4.69, 9.17) is 0 Å². The SMILES string of the molecule is CCCCCNC(=O)c1cc(NCc2ccccc2C)ncn1. The first-order valence-electron chi connectivity index (χ1n) is 8.09. The molecule has 0 unspecified atom stereocenters. The number of aryl methyl sites for hydroxylation is 1. The van der Waals surface area contributed by atoms with Gasteiger partial charge in [0.1, 0.15) is 17.8 Å². The molecule has 0 aliphatic heterocycles. The fourth-order valence-corrected chi connectivity index (χ4v) is 2.24. The highest BCUT2D eigenvalue weighted by molar-refractivity contribution is 5.92. The number of unbranched alkanes of at least 4 members (excludes halogenated alkanes) is 2. The Kier molecular flexibility index (Phi) is 6.54. The molecule has 5 nitrogen and oxygen atoms in total. The van der Waals surface area contributed by atoms with E-state index in [1.54, 1.807) is 6.07 Å². The van der Waals surface area contributed by atoms with Gasteiger partial charge in [-0.05, 0) is 24.5 Å². The normalized spacial score (nSPS) is 10.3. The third-order valence-corrected chi connectivity index (χ3v) is 3.69. The average Bonchev–Trinajstić information content (AvgIpc) is 2.58. The van der Waals surface area contributed by atoms with E-state index in [9.17, 15) is 4.79 Å². The summed E-state index contributed by atoms with van der Waals surface area (Å²) < 4.78 is 0. The van der Waals surface area contributed by atoms with E-state index in [0.29, 0.717) is 24.6 Å². The summed E-state index contributed by atoms with van der Waals surface area (Å²) in [6.07, 6.45) is 4.66. The quantitative estimate of drug-likeness (QED) is 0.734. The molecule has 0 saturated carbocycles. The molecule has 1 heterocycles. The lowest BCUT2D eigenvalue weighted by atomic mass is 10.1. The Morgan fingerprint density at radius 2 is 2.00 bits per heavy atom. The van der Waals surface area contributed by atoms with Crippen LogP contribution in [0, 0.1) is 6.92 Å². The Balaban J connectivity index is 1.91. The van der Waals surface area contributed by atoms with E-state index in [1.165, 1.54) is 17.5 Å². The minimum Gasteiger partial charge on any atom is -0.366 e. The smallest absolute Gasteiger partial charge is 0.270 e. The standard InChI is InChI=1S/C18H24N4O/c1-3-4-7-10-19-18(23)16-11-17(22-13-21-16)20-12-15-9-6-5-8-14(15)2/h5-6,8-9,11,13H,3-4,7,10,12H2,1-2H3,(H,19,23)(H,20,21,22). The molecule has 0 spiro atoms. The molecule has 0 aliphatic carbocycles. The number of carbonyl (C=O) groups excluding carboxylic acids is 1. The van der Waals surface area contributed by atoms with Crippen molar-refractivity contribution in [2.24, 2.45) is 0 Å². The van der Waals surface area contributed by atoms with E-state index in [-0.39, 0.29) is 5.91 Å². The van der Waals surface area contributed by atoms with Crippen LogP contribution in [0.2, 0.25) is 0 Å². The number of rotatable bonds is 8. The lowest BCUT2D eigenvalue weighted by molar-refractivity contribution is 0.0948. The number of nitrogens with one attached hydrogen (secondary N) is 2. The van der Waals surface area contributed by atoms with Crippen LogP contribution in [-0.2, 0) is 6.54 Å². The van der Waals surface area contributed by atoms with Gasteiger partial charge in [-0.15, -0.1) is 0 Å². The molecule has 1 aromatic carbocycles. The zero-order valence-electron chi connectivity index (χ0n) is 13.8. The van der Waals surface area contributed by atoms with Crippen LogP contribution in [0.3, 0.4) is 0 Å². The van der Waals surface area contributed by atoms with Gasteiger partial charge in [0.25, 0.3) is 5.91 Å². The molecule has 2 aromatic rings. The van der Waals surface area contributed by atoms with Gasteiger partial charge in [-0.1, -0.05) is 44.0 Å². The Morgan fingerprint density at radius 3 is 2.78 bits per heavy atom. The number of aromatic nitrogens is 2. The molecule has 2 N–H and O–H groups in total. The molecule has 2 rings (SSSR count). The Bertz CT molecular complexity index is 642. The van der Waals surface area contributed by atoms with Gasteiger partial charge in [-0.25, -0.2) is 9.97 Å². The molecule has 23 heavy (non-hydrogen) atoms. The van der Waals surface area contributed by atoms with Crippen molar-refractivity contribution in [3.63, 3.8) is 0 Å². The maximum Gasteiger partial charge on any atom is 0.270 e. The highest BCUT2D eigenvalue weighted by Gasteiger charge is 2.08. The van der Waals surface area contributed by atoms with Gasteiger partial charge in [0.15, 0.2) is 0 Å². The van der Waals surface area contributed by atoms with Crippen molar-refractivity contribution >= 4 is 11.7 Å². The van der Waals surface area contributed by atoms with Crippen LogP contribution in [0.4, 0.5) is 5.82 Å². The molecule has 0 aliphatic rings. The lowest BCUT2D eigenvalue weighted by Crippen LogP contribution is -2.25. The molecule has 0 atom stereocenters. The van der Waals surface area contributed by atoms with Crippen LogP contribution in [0.25, 0.3) is 0 Å². The van der Waals surface area contributed by atoms with Gasteiger partial charge in [0.05, 0.1) is 0 Å². The van der Waals surface area contributed by atoms with E-state index in [2.05, 4.69) is 46.6 Å². The fraction of sp³-hybridized carbons (Fsp3) is 0.389. The van der Waals surface area contributed by atoms with Gasteiger partial charge in [-0.3, -0.25) is 4.79 Å². The number of benzene rings is 1. The minimum absolute atomic E-state index is 0.151. The number of nitrogens with zero attached hydrogens (tertiary/aromatic N) is 2. The summed E-state index contributed by atoms with van der Waals surface area (Å²) in [7, 11) is 0. The zero-order valence-corrected chi connectivity index (χ0v) is 13.8. The average molecular weight is 312 g/mol. The highest BCUT2D eigenvalue weighted by atomic mass is 16.1. The van der Waals surface area contributed by atoms with Gasteiger partial charge in [-0.2, -0.15) is 0 Å². The van der Waals surface area contributed by atoms with Crippen LogP contribution >= 0.6 is 0 Å². The van der Waals surface area contributed by atoms with Crippen molar-refractivity contribution in [3.8, 4) is 0 Å². The molecule has 5 heteroatoms. The summed E-state index contributed by atoms with van der Waals surface area (Å²) in [6.45, 7) is 5.56. The zero-order chi connectivity index (χ0) is 16.5. The summed E-state index contributed by atoms with van der Waals surface area (Å²) >= 11 is 0. The van der Waals surface area contributed by atoms with Crippen LogP contribution in [0.15, 0.2) is 36.7 Å². The summed E-state index contributed by atoms with van der Waals surface area (Å²) in [5, 5.41) is 6.13. The van der Waals surface area contributed by atoms with E-state index in [0.717, 1.165) is 19.3 Å². The lowest BCUT2D eigenvalue weighted by Gasteiger charge is -2.09. The summed E-state index contributed by atoms with van der Waals surface area (Å²) in [4.78, 5) is 20.3. The van der Waals surface area contributed by atoms with Crippen molar-refractivity contribution in [2.45, 2.75) is 39.7 Å². The molecule has 1 amide bonds. The molecular formula is C18H24N4O. The van der Waals surface area contributed by atoms with Gasteiger partial charge < -0.3 is 10.6 Å². The fourth-order valence-electron chi connectivity index (χ4n) is 2.24. The molecule has 0 radical (unpaired) electrons. The molecular weight excluding hydrogens is 288 g/mol. The number of anilines is 1. The van der Waals surface area contributed by atoms with Gasteiger partial charge in [0.2, 0.25) is 0 Å². The van der Waals surface area contributed by atoms with E-state index < -0.39 is 0 Å². The summed E-state index contributed by atoms with van der Waals surface area (Å²) in [5.74, 6) is 0.504. The topological polar surface area (TPSA) is 66.9 Å². The first-order chi connectivity index (χ1) is 11.2. The maximum absolute atomic E-state index is 12.1. The van der Waals surface area contributed by atoms with E-state index >= 15 is 0 Å². The number of amides is 1. The molecule has 122 valence electrons. The first kappa shape index (κ1) is 16.9. The van der Waals surface area contributed by atoms with Crippen LogP contribution in [0.1, 0.15) is 47.8 Å². The predicted octanol–water partition coefficient (Wildman–Crippen LogP) is 3.32. The molecule has 0 fully saturated rings. The molecule has 0 saturated heterocycles. The second-order valence-electron chi connectivity index (χ2n) is 5.53. The number of carbonyl (C=O) groups is 1. The van der Waals surface area contributed by atoms with E-state index in [1.807, 2.05) is 12.1 Å². The van der Waals surface area contributed by atoms with Crippen LogP contribution in [0.5, 0.6) is 0 Å². The summed E-state index contributed by atoms with van der Waals surface area (Å²) in [5.41, 5.74) is 2.82. The first-order valence-corrected chi connectivity index (χ1v) is 8.09. The van der Waals surface area contributed by atoms with Gasteiger partial charge >= 0.3 is 0 Å². The van der Waals surface area contributed by atoms with Crippen molar-refractivity contribution in [1.29, 1.82) is 0 Å². The third-order valence-electron chi connectivity index (χ3n) is 3.69. The largest absolute Gasteiger partial charge is 0.366 e. The monoisotopic (exact) mass is 312 g/mol. The number of hydrogen-bond donors (Lipinski definition) is 2. The Labute approximate surface area is 137 Å². The Morgan fingerprint density at radius 1 is 1.17 bits per heavy atom. The third kappa shape index (κ3) is 5.36. The number of hydrogen-bond acceptors (Lipinski definition) is 4. The minimum atomic E-state index is -0.151. The van der Waals surface area contributed by atoms with Crippen molar-refractivity contribution in [1.82, 2.24) is 15.3 Å².